The third-order valence-corrected chi connectivity index (χ3v) is 4.39. The van der Waals surface area contributed by atoms with Crippen LogP contribution in [0.15, 0.2) is 42.5 Å². The first-order chi connectivity index (χ1) is 12.4. The smallest absolute Gasteiger partial charge is 0.261 e. The van der Waals surface area contributed by atoms with Gasteiger partial charge in [-0.25, -0.2) is 0 Å². The molecule has 3 amide bonds. The molecule has 0 aliphatic carbocycles. The molecule has 0 radical (unpaired) electrons. The second kappa shape index (κ2) is 7.00. The fourth-order valence-electron chi connectivity index (χ4n) is 2.89. The average molecular weight is 352 g/mol. The first kappa shape index (κ1) is 17.7. The second-order valence-corrected chi connectivity index (χ2v) is 6.13. The van der Waals surface area contributed by atoms with Gasteiger partial charge in [0.15, 0.2) is 0 Å². The normalized spacial score (nSPS) is 14.2. The SMILES string of the molecule is CCOc1ccc(C(C)NC(=O)c2ccc3c(c2)C(=O)N(C)C3=O)cc1. The second-order valence-electron chi connectivity index (χ2n) is 6.13. The fraction of sp³-hybridized carbons (Fsp3) is 0.250. The molecular formula is C20H20N2O4. The topological polar surface area (TPSA) is 75.7 Å². The van der Waals surface area contributed by atoms with Crippen molar-refractivity contribution >= 4 is 17.7 Å². The Hall–Kier alpha value is -3.15. The lowest BCUT2D eigenvalue weighted by Gasteiger charge is -2.15. The predicted octanol–water partition coefficient (Wildman–Crippen LogP) is 2.80. The molecule has 0 bridgehead atoms. The Kier molecular flexibility index (Phi) is 4.75. The number of nitrogens with zero attached hydrogens (tertiary/aromatic N) is 1. The van der Waals surface area contributed by atoms with Crippen molar-refractivity contribution in [3.8, 4) is 5.75 Å². The molecule has 0 fully saturated rings. The first-order valence-corrected chi connectivity index (χ1v) is 8.42. The fourth-order valence-corrected chi connectivity index (χ4v) is 2.89. The van der Waals surface area contributed by atoms with Crippen LogP contribution in [-0.2, 0) is 0 Å². The van der Waals surface area contributed by atoms with Gasteiger partial charge in [-0.15, -0.1) is 0 Å². The molecule has 3 rings (SSSR count). The Morgan fingerprint density at radius 2 is 1.73 bits per heavy atom. The van der Waals surface area contributed by atoms with E-state index in [9.17, 15) is 14.4 Å². The van der Waals surface area contributed by atoms with Crippen LogP contribution in [0.5, 0.6) is 5.75 Å². The number of hydrogen-bond donors (Lipinski definition) is 1. The molecule has 1 aliphatic heterocycles. The highest BCUT2D eigenvalue weighted by Crippen LogP contribution is 2.23. The van der Waals surface area contributed by atoms with Crippen molar-refractivity contribution in [1.29, 1.82) is 0 Å². The Morgan fingerprint density at radius 3 is 2.38 bits per heavy atom. The van der Waals surface area contributed by atoms with Crippen LogP contribution in [0.2, 0.25) is 0 Å². The van der Waals surface area contributed by atoms with Crippen LogP contribution >= 0.6 is 0 Å². The monoisotopic (exact) mass is 352 g/mol. The number of carbonyl (C=O) groups is 3. The summed E-state index contributed by atoms with van der Waals surface area (Å²) in [5, 5.41) is 2.90. The number of amides is 3. The van der Waals surface area contributed by atoms with Gasteiger partial charge in [-0.05, 0) is 49.7 Å². The number of rotatable bonds is 5. The number of imide groups is 1. The molecule has 1 atom stereocenters. The summed E-state index contributed by atoms with van der Waals surface area (Å²) < 4.78 is 5.41. The average Bonchev–Trinajstić information content (AvgIpc) is 2.86. The van der Waals surface area contributed by atoms with Gasteiger partial charge in [-0.2, -0.15) is 0 Å². The van der Waals surface area contributed by atoms with Crippen molar-refractivity contribution in [3.05, 3.63) is 64.7 Å². The number of hydrogen-bond acceptors (Lipinski definition) is 4. The Bertz CT molecular complexity index is 874. The molecule has 1 unspecified atom stereocenters. The standard InChI is InChI=1S/C20H20N2O4/c1-4-26-15-8-5-13(6-9-15)12(2)21-18(23)14-7-10-16-17(11-14)20(25)22(3)19(16)24/h5-12H,4H2,1-3H3,(H,21,23). The molecule has 134 valence electrons. The van der Waals surface area contributed by atoms with Crippen LogP contribution in [0.25, 0.3) is 0 Å². The van der Waals surface area contributed by atoms with Crippen molar-refractivity contribution in [2.45, 2.75) is 19.9 Å². The Morgan fingerprint density at radius 1 is 1.08 bits per heavy atom. The van der Waals surface area contributed by atoms with Gasteiger partial charge in [0.1, 0.15) is 5.75 Å². The molecule has 1 N–H and O–H groups in total. The van der Waals surface area contributed by atoms with Crippen molar-refractivity contribution in [3.63, 3.8) is 0 Å². The van der Waals surface area contributed by atoms with E-state index in [2.05, 4.69) is 5.32 Å². The summed E-state index contributed by atoms with van der Waals surface area (Å²) in [6.07, 6.45) is 0. The number of carbonyl (C=O) groups excluding carboxylic acids is 3. The zero-order valence-electron chi connectivity index (χ0n) is 14.9. The van der Waals surface area contributed by atoms with E-state index in [1.54, 1.807) is 6.07 Å². The molecule has 6 heteroatoms. The van der Waals surface area contributed by atoms with Gasteiger partial charge in [0.2, 0.25) is 0 Å². The molecule has 0 spiro atoms. The summed E-state index contributed by atoms with van der Waals surface area (Å²) in [5.74, 6) is -0.261. The lowest BCUT2D eigenvalue weighted by Crippen LogP contribution is -2.27. The van der Waals surface area contributed by atoms with Crippen LogP contribution in [-0.4, -0.2) is 36.3 Å². The molecule has 2 aromatic carbocycles. The van der Waals surface area contributed by atoms with Crippen molar-refractivity contribution < 1.29 is 19.1 Å². The van der Waals surface area contributed by atoms with Gasteiger partial charge in [0.05, 0.1) is 23.8 Å². The van der Waals surface area contributed by atoms with E-state index in [1.807, 2.05) is 38.1 Å². The molecule has 0 aromatic heterocycles. The van der Waals surface area contributed by atoms with Gasteiger partial charge in [0, 0.05) is 12.6 Å². The van der Waals surface area contributed by atoms with E-state index < -0.39 is 0 Å². The number of benzene rings is 2. The maximum Gasteiger partial charge on any atom is 0.261 e. The van der Waals surface area contributed by atoms with Crippen molar-refractivity contribution in [2.75, 3.05) is 13.7 Å². The molecule has 6 nitrogen and oxygen atoms in total. The van der Waals surface area contributed by atoms with E-state index in [1.165, 1.54) is 19.2 Å². The third-order valence-electron chi connectivity index (χ3n) is 4.39. The summed E-state index contributed by atoms with van der Waals surface area (Å²) in [4.78, 5) is 37.6. The van der Waals surface area contributed by atoms with Gasteiger partial charge >= 0.3 is 0 Å². The highest BCUT2D eigenvalue weighted by Gasteiger charge is 2.33. The van der Waals surface area contributed by atoms with E-state index >= 15 is 0 Å². The lowest BCUT2D eigenvalue weighted by molar-refractivity contribution is 0.0693. The van der Waals surface area contributed by atoms with Gasteiger partial charge in [0.25, 0.3) is 17.7 Å². The largest absolute Gasteiger partial charge is 0.494 e. The highest BCUT2D eigenvalue weighted by atomic mass is 16.5. The minimum Gasteiger partial charge on any atom is -0.494 e. The summed E-state index contributed by atoms with van der Waals surface area (Å²) in [6.45, 7) is 4.40. The van der Waals surface area contributed by atoms with Crippen LogP contribution < -0.4 is 10.1 Å². The van der Waals surface area contributed by atoms with Crippen LogP contribution in [0.1, 0.15) is 56.5 Å². The minimum atomic E-state index is -0.390. The minimum absolute atomic E-state index is 0.216. The molecule has 2 aromatic rings. The zero-order valence-corrected chi connectivity index (χ0v) is 14.9. The molecule has 1 aliphatic rings. The maximum absolute atomic E-state index is 12.5. The molecular weight excluding hydrogens is 332 g/mol. The van der Waals surface area contributed by atoms with Crippen LogP contribution in [0.3, 0.4) is 0 Å². The molecule has 0 saturated heterocycles. The first-order valence-electron chi connectivity index (χ1n) is 8.42. The number of ether oxygens (including phenoxy) is 1. The number of nitrogens with one attached hydrogen (secondary N) is 1. The van der Waals surface area contributed by atoms with Gasteiger partial charge < -0.3 is 10.1 Å². The summed E-state index contributed by atoms with van der Waals surface area (Å²) in [7, 11) is 1.43. The zero-order chi connectivity index (χ0) is 18.8. The third kappa shape index (κ3) is 3.18. The number of fused-ring (bicyclic) bond motifs is 1. The Balaban J connectivity index is 1.74. The van der Waals surface area contributed by atoms with Crippen molar-refractivity contribution in [1.82, 2.24) is 10.2 Å². The summed E-state index contributed by atoms with van der Waals surface area (Å²) in [5.41, 5.74) is 1.87. The van der Waals surface area contributed by atoms with E-state index in [0.29, 0.717) is 17.7 Å². The van der Waals surface area contributed by atoms with Gasteiger partial charge in [-0.3, -0.25) is 19.3 Å². The van der Waals surface area contributed by atoms with Crippen LogP contribution in [0, 0.1) is 0 Å². The van der Waals surface area contributed by atoms with Crippen molar-refractivity contribution in [2.24, 2.45) is 0 Å². The lowest BCUT2D eigenvalue weighted by atomic mass is 10.0. The molecule has 26 heavy (non-hydrogen) atoms. The summed E-state index contributed by atoms with van der Waals surface area (Å²) in [6, 6.07) is 11.9. The summed E-state index contributed by atoms with van der Waals surface area (Å²) >= 11 is 0. The van der Waals surface area contributed by atoms with Gasteiger partial charge in [-0.1, -0.05) is 12.1 Å². The predicted molar refractivity (Wildman–Crippen MR) is 96.4 cm³/mol. The van der Waals surface area contributed by atoms with E-state index in [0.717, 1.165) is 16.2 Å². The van der Waals surface area contributed by atoms with E-state index in [4.69, 9.17) is 4.74 Å². The molecule has 1 heterocycles. The van der Waals surface area contributed by atoms with E-state index in [-0.39, 0.29) is 29.3 Å². The maximum atomic E-state index is 12.5. The quantitative estimate of drug-likeness (QED) is 0.840. The Labute approximate surface area is 151 Å². The van der Waals surface area contributed by atoms with Crippen LogP contribution in [0.4, 0.5) is 0 Å². The highest BCUT2D eigenvalue weighted by molar-refractivity contribution is 6.21. The molecule has 0 saturated carbocycles.